The highest BCUT2D eigenvalue weighted by atomic mass is 16.5. The minimum atomic E-state index is -0.841. The monoisotopic (exact) mass is 1150 g/mol. The topological polar surface area (TPSA) is 95.9 Å². The van der Waals surface area contributed by atoms with Gasteiger partial charge >= 0.3 is 5.97 Å². The van der Waals surface area contributed by atoms with Crippen LogP contribution in [0.3, 0.4) is 0 Å². The maximum absolute atomic E-state index is 12.5. The molecule has 0 aliphatic carbocycles. The average molecular weight is 1150 g/mol. The van der Waals surface area contributed by atoms with Gasteiger partial charge in [0.25, 0.3) is 0 Å². The molecule has 2 unspecified atom stereocenters. The van der Waals surface area contributed by atoms with Crippen LogP contribution in [-0.2, 0) is 14.3 Å². The maximum Gasteiger partial charge on any atom is 0.305 e. The van der Waals surface area contributed by atoms with Crippen molar-refractivity contribution in [2.45, 2.75) is 424 Å². The molecule has 3 N–H and O–H groups in total. The number of rotatable bonds is 70. The van der Waals surface area contributed by atoms with E-state index in [0.717, 1.165) is 51.4 Å². The van der Waals surface area contributed by atoms with Gasteiger partial charge in [0, 0.05) is 12.8 Å². The van der Waals surface area contributed by atoms with Crippen molar-refractivity contribution >= 4 is 11.9 Å². The van der Waals surface area contributed by atoms with Crippen molar-refractivity contribution in [2.24, 2.45) is 0 Å². The Hall–Kier alpha value is -1.92. The number of amides is 1. The molecule has 484 valence electrons. The van der Waals surface area contributed by atoms with Crippen molar-refractivity contribution in [1.29, 1.82) is 0 Å². The zero-order valence-corrected chi connectivity index (χ0v) is 55.5. The summed E-state index contributed by atoms with van der Waals surface area (Å²) >= 11 is 0. The molecule has 0 bridgehead atoms. The Bertz CT molecular complexity index is 1330. The molecule has 2 atom stereocenters. The van der Waals surface area contributed by atoms with E-state index in [0.29, 0.717) is 19.4 Å². The summed E-state index contributed by atoms with van der Waals surface area (Å²) < 4.78 is 5.51. The molecule has 0 aromatic carbocycles. The number of ether oxygens (including phenoxy) is 1. The SMILES string of the molecule is CCCCCC/C=C\C/C=C\CCCCCCCCCC(=O)OCCCCCCCCCCCCCCCCCCCCCCCCCCCCCCCCCCC(=O)NC(CO)C(O)/C=C/CCCCCCCCCCCCCCC. The number of hydrogen-bond acceptors (Lipinski definition) is 5. The number of nitrogens with one attached hydrogen (secondary N) is 1. The quantitative estimate of drug-likeness (QED) is 0.0320. The molecule has 0 aliphatic rings. The van der Waals surface area contributed by atoms with Gasteiger partial charge in [-0.25, -0.2) is 0 Å². The van der Waals surface area contributed by atoms with Gasteiger partial charge in [0.05, 0.1) is 25.4 Å². The van der Waals surface area contributed by atoms with Crippen molar-refractivity contribution in [3.8, 4) is 0 Å². The molecule has 6 heteroatoms. The first-order valence-electron chi connectivity index (χ1n) is 37.3. The fourth-order valence-electron chi connectivity index (χ4n) is 11.7. The Morgan fingerprint density at radius 1 is 0.341 bits per heavy atom. The third-order valence-corrected chi connectivity index (χ3v) is 17.4. The lowest BCUT2D eigenvalue weighted by Crippen LogP contribution is -2.45. The van der Waals surface area contributed by atoms with Crippen LogP contribution in [0.4, 0.5) is 0 Å². The molecule has 0 heterocycles. The molecule has 1 amide bonds. The first-order valence-corrected chi connectivity index (χ1v) is 37.3. The number of hydrogen-bond donors (Lipinski definition) is 3. The first kappa shape index (κ1) is 80.1. The van der Waals surface area contributed by atoms with Crippen LogP contribution in [0.5, 0.6) is 0 Å². The molecule has 0 aromatic rings. The number of esters is 1. The van der Waals surface area contributed by atoms with Gasteiger partial charge in [-0.15, -0.1) is 0 Å². The van der Waals surface area contributed by atoms with Crippen LogP contribution < -0.4 is 5.32 Å². The summed E-state index contributed by atoms with van der Waals surface area (Å²) in [6, 6.07) is -0.624. The van der Waals surface area contributed by atoms with Crippen molar-refractivity contribution in [3.63, 3.8) is 0 Å². The number of allylic oxidation sites excluding steroid dienone is 5. The van der Waals surface area contributed by atoms with Crippen molar-refractivity contribution in [1.82, 2.24) is 5.32 Å². The molecular weight excluding hydrogens is 1010 g/mol. The molecule has 0 radical (unpaired) electrons. The summed E-state index contributed by atoms with van der Waals surface area (Å²) in [6.45, 7) is 4.92. The summed E-state index contributed by atoms with van der Waals surface area (Å²) in [6.07, 6.45) is 92.5. The molecule has 0 fully saturated rings. The standard InChI is InChI=1S/C76H145NO5/c1-3-5-7-9-11-13-15-17-19-20-38-42-46-50-54-58-62-66-70-76(81)82-71-67-63-59-55-51-47-43-39-36-34-32-30-28-26-24-22-21-23-25-27-29-31-33-35-37-41-45-49-53-57-61-65-69-75(80)77-73(72-78)74(79)68-64-60-56-52-48-44-40-18-16-14-12-10-8-6-4-2/h13,15,19-20,64,68,73-74,78-79H,3-12,14,16-18,21-63,65-67,69-72H2,1-2H3,(H,77,80)/b15-13-,20-19-,68-64+. The van der Waals surface area contributed by atoms with Crippen LogP contribution in [0.25, 0.3) is 0 Å². The summed E-state index contributed by atoms with van der Waals surface area (Å²) in [7, 11) is 0. The fourth-order valence-corrected chi connectivity index (χ4v) is 11.7. The summed E-state index contributed by atoms with van der Waals surface area (Å²) in [4.78, 5) is 24.6. The molecule has 0 rings (SSSR count). The second-order valence-corrected chi connectivity index (χ2v) is 25.6. The molecule has 0 spiro atoms. The van der Waals surface area contributed by atoms with Crippen LogP contribution in [0, 0.1) is 0 Å². The molecule has 0 saturated heterocycles. The summed E-state index contributed by atoms with van der Waals surface area (Å²) in [5.41, 5.74) is 0. The van der Waals surface area contributed by atoms with Gasteiger partial charge in [0.15, 0.2) is 0 Å². The molecule has 82 heavy (non-hydrogen) atoms. The van der Waals surface area contributed by atoms with Gasteiger partial charge in [0.2, 0.25) is 5.91 Å². The molecule has 6 nitrogen and oxygen atoms in total. The van der Waals surface area contributed by atoms with E-state index < -0.39 is 12.1 Å². The van der Waals surface area contributed by atoms with Gasteiger partial charge < -0.3 is 20.3 Å². The molecule has 0 aliphatic heterocycles. The lowest BCUT2D eigenvalue weighted by atomic mass is 10.0. The van der Waals surface area contributed by atoms with Gasteiger partial charge in [-0.2, -0.15) is 0 Å². The number of unbranched alkanes of at least 4 members (excludes halogenated alkanes) is 55. The number of aliphatic hydroxyl groups is 2. The Morgan fingerprint density at radius 2 is 0.610 bits per heavy atom. The lowest BCUT2D eigenvalue weighted by molar-refractivity contribution is -0.143. The highest BCUT2D eigenvalue weighted by Gasteiger charge is 2.18. The zero-order chi connectivity index (χ0) is 59.2. The minimum absolute atomic E-state index is 0.0141. The molecule has 0 aromatic heterocycles. The van der Waals surface area contributed by atoms with Crippen LogP contribution >= 0.6 is 0 Å². The molecule has 0 saturated carbocycles. The number of aliphatic hydroxyl groups excluding tert-OH is 2. The maximum atomic E-state index is 12.5. The number of carbonyl (C=O) groups excluding carboxylic acids is 2. The lowest BCUT2D eigenvalue weighted by Gasteiger charge is -2.20. The van der Waals surface area contributed by atoms with Crippen LogP contribution in [0.15, 0.2) is 36.5 Å². The molecular formula is C76H145NO5. The van der Waals surface area contributed by atoms with Gasteiger partial charge in [0.1, 0.15) is 0 Å². The zero-order valence-electron chi connectivity index (χ0n) is 55.5. The largest absolute Gasteiger partial charge is 0.466 e. The fraction of sp³-hybridized carbons (Fsp3) is 0.895. The van der Waals surface area contributed by atoms with E-state index in [9.17, 15) is 19.8 Å². The van der Waals surface area contributed by atoms with E-state index in [2.05, 4.69) is 43.5 Å². The van der Waals surface area contributed by atoms with E-state index in [1.54, 1.807) is 6.08 Å². The predicted octanol–water partition coefficient (Wildman–Crippen LogP) is 24.3. The smallest absolute Gasteiger partial charge is 0.305 e. The van der Waals surface area contributed by atoms with E-state index in [4.69, 9.17) is 4.74 Å². The second kappa shape index (κ2) is 71.6. The summed E-state index contributed by atoms with van der Waals surface area (Å²) in [5.74, 6) is -0.0470. The van der Waals surface area contributed by atoms with Crippen molar-refractivity contribution in [3.05, 3.63) is 36.5 Å². The van der Waals surface area contributed by atoms with Gasteiger partial charge in [-0.3, -0.25) is 9.59 Å². The van der Waals surface area contributed by atoms with Crippen molar-refractivity contribution in [2.75, 3.05) is 13.2 Å². The third kappa shape index (κ3) is 67.2. The van der Waals surface area contributed by atoms with E-state index in [-0.39, 0.29) is 18.5 Å². The Morgan fingerprint density at radius 3 is 0.939 bits per heavy atom. The predicted molar refractivity (Wildman–Crippen MR) is 361 cm³/mol. The Kier molecular flexibility index (Phi) is 69.9. The van der Waals surface area contributed by atoms with Crippen molar-refractivity contribution < 1.29 is 24.5 Å². The van der Waals surface area contributed by atoms with Crippen LogP contribution in [-0.4, -0.2) is 47.4 Å². The number of carbonyl (C=O) groups is 2. The average Bonchev–Trinajstić information content (AvgIpc) is 3.48. The highest BCUT2D eigenvalue weighted by molar-refractivity contribution is 5.76. The third-order valence-electron chi connectivity index (χ3n) is 17.4. The van der Waals surface area contributed by atoms with Crippen LogP contribution in [0.2, 0.25) is 0 Å². The Balaban J connectivity index is 3.33. The van der Waals surface area contributed by atoms with E-state index in [1.807, 2.05) is 6.08 Å². The van der Waals surface area contributed by atoms with Gasteiger partial charge in [-0.1, -0.05) is 371 Å². The van der Waals surface area contributed by atoms with E-state index in [1.165, 1.54) is 334 Å². The van der Waals surface area contributed by atoms with Crippen LogP contribution in [0.1, 0.15) is 412 Å². The second-order valence-electron chi connectivity index (χ2n) is 25.6. The summed E-state index contributed by atoms with van der Waals surface area (Å²) in [5, 5.41) is 23.2. The van der Waals surface area contributed by atoms with Gasteiger partial charge in [-0.05, 0) is 64.2 Å². The Labute approximate surface area is 513 Å². The minimum Gasteiger partial charge on any atom is -0.466 e. The first-order chi connectivity index (χ1) is 40.5. The normalized spacial score (nSPS) is 12.7. The highest BCUT2D eigenvalue weighted by Crippen LogP contribution is 2.19. The van der Waals surface area contributed by atoms with E-state index >= 15 is 0 Å².